The first-order valence-electron chi connectivity index (χ1n) is 11.7. The molecule has 0 spiro atoms. The quantitative estimate of drug-likeness (QED) is 0.560. The number of benzene rings is 1. The minimum absolute atomic E-state index is 0.0715. The summed E-state index contributed by atoms with van der Waals surface area (Å²) in [7, 11) is 0. The maximum Gasteiger partial charge on any atom is 0.416 e. The van der Waals surface area contributed by atoms with Crippen molar-refractivity contribution in [3.8, 4) is 0 Å². The van der Waals surface area contributed by atoms with Gasteiger partial charge in [0.15, 0.2) is 0 Å². The molecule has 12 heteroatoms. The van der Waals surface area contributed by atoms with E-state index in [0.717, 1.165) is 17.5 Å². The number of hydrogen-bond donors (Lipinski definition) is 2. The largest absolute Gasteiger partial charge is 0.465 e. The minimum atomic E-state index is -4.40. The summed E-state index contributed by atoms with van der Waals surface area (Å²) in [6.07, 6.45) is -2.36. The summed E-state index contributed by atoms with van der Waals surface area (Å²) in [4.78, 5) is 23.4. The van der Waals surface area contributed by atoms with Gasteiger partial charge in [0, 0.05) is 31.7 Å². The third kappa shape index (κ3) is 4.70. The predicted molar refractivity (Wildman–Crippen MR) is 124 cm³/mol. The van der Waals surface area contributed by atoms with Crippen LogP contribution in [0.5, 0.6) is 0 Å². The second-order valence-electron chi connectivity index (χ2n) is 9.15. The Morgan fingerprint density at radius 2 is 1.92 bits per heavy atom. The van der Waals surface area contributed by atoms with Gasteiger partial charge in [0.1, 0.15) is 17.8 Å². The van der Waals surface area contributed by atoms with Crippen LogP contribution in [0.3, 0.4) is 0 Å². The first-order chi connectivity index (χ1) is 17.2. The highest BCUT2D eigenvalue weighted by Gasteiger charge is 2.33. The number of hydrogen-bond acceptors (Lipinski definition) is 6. The molecular formula is C24H26F3N5O4. The Kier molecular flexibility index (Phi) is 6.47. The maximum absolute atomic E-state index is 13.0. The number of halogens is 3. The molecule has 9 nitrogen and oxygen atoms in total. The molecule has 5 rings (SSSR count). The molecule has 0 bridgehead atoms. The van der Waals surface area contributed by atoms with Gasteiger partial charge < -0.3 is 29.3 Å². The van der Waals surface area contributed by atoms with Crippen LogP contribution in [0.15, 0.2) is 42.9 Å². The summed E-state index contributed by atoms with van der Waals surface area (Å²) in [6, 6.07) is 6.69. The van der Waals surface area contributed by atoms with Crippen LogP contribution in [0.2, 0.25) is 0 Å². The smallest absolute Gasteiger partial charge is 0.416 e. The number of nitrogens with zero attached hydrogens (tertiary/aromatic N) is 5. The van der Waals surface area contributed by atoms with Crippen molar-refractivity contribution in [2.75, 3.05) is 37.7 Å². The highest BCUT2D eigenvalue weighted by Crippen LogP contribution is 2.35. The van der Waals surface area contributed by atoms with E-state index in [1.165, 1.54) is 23.4 Å². The van der Waals surface area contributed by atoms with Crippen LogP contribution in [0.4, 0.5) is 23.8 Å². The summed E-state index contributed by atoms with van der Waals surface area (Å²) < 4.78 is 46.7. The summed E-state index contributed by atoms with van der Waals surface area (Å²) in [6.45, 7) is 2.18. The summed E-state index contributed by atoms with van der Waals surface area (Å²) in [5.74, 6) is 0.533. The highest BCUT2D eigenvalue weighted by atomic mass is 19.4. The molecule has 2 saturated heterocycles. The number of ether oxygens (including phenoxy) is 1. The molecule has 1 amide bonds. The summed E-state index contributed by atoms with van der Waals surface area (Å²) >= 11 is 0. The average molecular weight is 505 g/mol. The van der Waals surface area contributed by atoms with Crippen molar-refractivity contribution < 1.29 is 32.9 Å². The Labute approximate surface area is 204 Å². The van der Waals surface area contributed by atoms with E-state index >= 15 is 0 Å². The topological polar surface area (TPSA) is 104 Å². The Morgan fingerprint density at radius 3 is 2.61 bits per heavy atom. The van der Waals surface area contributed by atoms with Crippen molar-refractivity contribution in [1.82, 2.24) is 19.4 Å². The molecule has 36 heavy (non-hydrogen) atoms. The minimum Gasteiger partial charge on any atom is -0.465 e. The molecule has 2 aliphatic heterocycles. The third-order valence-corrected chi connectivity index (χ3v) is 6.98. The lowest BCUT2D eigenvalue weighted by Gasteiger charge is -2.37. The van der Waals surface area contributed by atoms with E-state index in [1.54, 1.807) is 0 Å². The number of alkyl halides is 3. The number of aliphatic hydroxyl groups is 1. The number of morpholine rings is 1. The fraction of sp³-hybridized carbons (Fsp3) is 0.458. The molecule has 2 aliphatic rings. The van der Waals surface area contributed by atoms with Gasteiger partial charge in [0.05, 0.1) is 42.9 Å². The number of fused-ring (bicyclic) bond motifs is 1. The lowest BCUT2D eigenvalue weighted by molar-refractivity contribution is -0.137. The molecule has 0 radical (unpaired) electrons. The molecule has 3 atom stereocenters. The second-order valence-corrected chi connectivity index (χ2v) is 9.15. The first-order valence-corrected chi connectivity index (χ1v) is 11.7. The fourth-order valence-electron chi connectivity index (χ4n) is 5.01. The van der Waals surface area contributed by atoms with Gasteiger partial charge in [0.2, 0.25) is 0 Å². The van der Waals surface area contributed by atoms with Crippen molar-refractivity contribution in [1.29, 1.82) is 0 Å². The highest BCUT2D eigenvalue weighted by molar-refractivity contribution is 5.88. The van der Waals surface area contributed by atoms with Gasteiger partial charge in [-0.2, -0.15) is 13.2 Å². The van der Waals surface area contributed by atoms with E-state index in [0.29, 0.717) is 56.3 Å². The van der Waals surface area contributed by atoms with E-state index in [-0.39, 0.29) is 18.5 Å². The molecule has 4 heterocycles. The Bertz CT molecular complexity index is 1230. The van der Waals surface area contributed by atoms with Gasteiger partial charge in [-0.15, -0.1) is 0 Å². The molecule has 2 unspecified atom stereocenters. The van der Waals surface area contributed by atoms with Gasteiger partial charge in [-0.1, -0.05) is 12.1 Å². The molecule has 2 N–H and O–H groups in total. The van der Waals surface area contributed by atoms with Crippen molar-refractivity contribution >= 4 is 22.9 Å². The van der Waals surface area contributed by atoms with Crippen molar-refractivity contribution in [2.45, 2.75) is 31.3 Å². The summed E-state index contributed by atoms with van der Waals surface area (Å²) in [5, 5.41) is 20.5. The van der Waals surface area contributed by atoms with E-state index < -0.39 is 23.9 Å². The molecule has 0 aliphatic carbocycles. The number of aliphatic hydroxyl groups excluding tert-OH is 1. The van der Waals surface area contributed by atoms with Crippen LogP contribution in [0, 0.1) is 5.92 Å². The molecule has 2 fully saturated rings. The molecule has 192 valence electrons. The van der Waals surface area contributed by atoms with E-state index in [9.17, 15) is 28.2 Å². The second kappa shape index (κ2) is 9.58. The Hall–Kier alpha value is -3.38. The molecule has 0 saturated carbocycles. The molecule has 2 aromatic heterocycles. The normalized spacial score (nSPS) is 23.3. The molecular weight excluding hydrogens is 479 g/mol. The lowest BCUT2D eigenvalue weighted by atomic mass is 9.94. The lowest BCUT2D eigenvalue weighted by Crippen LogP contribution is -2.47. The number of piperidine rings is 1. The predicted octanol–water partition coefficient (Wildman–Crippen LogP) is 3.39. The average Bonchev–Trinajstić information content (AvgIpc) is 3.27. The van der Waals surface area contributed by atoms with E-state index in [2.05, 4.69) is 9.97 Å². The number of rotatable bonds is 4. The first kappa shape index (κ1) is 24.3. The van der Waals surface area contributed by atoms with E-state index in [4.69, 9.17) is 4.74 Å². The van der Waals surface area contributed by atoms with Gasteiger partial charge in [-0.25, -0.2) is 14.8 Å². The van der Waals surface area contributed by atoms with Crippen LogP contribution in [-0.2, 0) is 17.5 Å². The zero-order valence-corrected chi connectivity index (χ0v) is 19.3. The van der Waals surface area contributed by atoms with Gasteiger partial charge in [-0.3, -0.25) is 0 Å². The Balaban J connectivity index is 1.40. The van der Waals surface area contributed by atoms with Crippen LogP contribution in [0.25, 0.3) is 11.0 Å². The van der Waals surface area contributed by atoms with Crippen molar-refractivity contribution in [2.24, 2.45) is 5.92 Å². The number of β-amino-alcohol motifs (C(OH)–C–C–N with tert-alkyl or cyclic N) is 1. The molecule has 1 aromatic carbocycles. The SMILES string of the molecule is O=C(O)N1CCC(Cn2ccc3c(N4CCOC[C@@H]4c4ccc(C(F)(F)F)cc4)ncnc32)C(O)C1. The standard InChI is InChI=1S/C24H26F3N5O4/c25-24(26,27)17-3-1-15(2-4-17)19-13-36-10-9-32(19)22-18-6-8-30(21(18)28-14-29-22)11-16-5-7-31(23(34)35)12-20(16)33/h1-4,6,8,14,16,19-20,33H,5,7,9-13H2,(H,34,35)/t16?,19-,20?/m1/s1. The van der Waals surface area contributed by atoms with Crippen molar-refractivity contribution in [3.63, 3.8) is 0 Å². The van der Waals surface area contributed by atoms with Gasteiger partial charge in [-0.05, 0) is 30.2 Å². The van der Waals surface area contributed by atoms with E-state index in [1.807, 2.05) is 21.7 Å². The number of anilines is 1. The van der Waals surface area contributed by atoms with Crippen LogP contribution in [0.1, 0.15) is 23.6 Å². The van der Waals surface area contributed by atoms with Gasteiger partial charge in [0.25, 0.3) is 0 Å². The Morgan fingerprint density at radius 1 is 1.14 bits per heavy atom. The van der Waals surface area contributed by atoms with Crippen LogP contribution < -0.4 is 4.90 Å². The summed E-state index contributed by atoms with van der Waals surface area (Å²) in [5.41, 5.74) is 0.667. The number of aromatic nitrogens is 3. The van der Waals surface area contributed by atoms with Gasteiger partial charge >= 0.3 is 12.3 Å². The molecule has 3 aromatic rings. The number of likely N-dealkylation sites (tertiary alicyclic amines) is 1. The fourth-order valence-corrected chi connectivity index (χ4v) is 5.01. The zero-order chi connectivity index (χ0) is 25.4. The number of carbonyl (C=O) groups is 1. The van der Waals surface area contributed by atoms with Crippen molar-refractivity contribution in [3.05, 3.63) is 54.0 Å². The monoisotopic (exact) mass is 505 g/mol. The maximum atomic E-state index is 13.0. The van der Waals surface area contributed by atoms with Crippen LogP contribution in [-0.4, -0.2) is 74.7 Å². The number of carboxylic acid groups (broad SMARTS) is 1. The third-order valence-electron chi connectivity index (χ3n) is 6.98. The number of amides is 1. The zero-order valence-electron chi connectivity index (χ0n) is 19.3. The van der Waals surface area contributed by atoms with Crippen LogP contribution >= 0.6 is 0 Å².